The van der Waals surface area contributed by atoms with E-state index in [9.17, 15) is 8.42 Å². The van der Waals surface area contributed by atoms with Crippen LogP contribution < -0.4 is 5.73 Å². The van der Waals surface area contributed by atoms with E-state index >= 15 is 0 Å². The van der Waals surface area contributed by atoms with Gasteiger partial charge >= 0.3 is 0 Å². The first-order chi connectivity index (χ1) is 4.68. The normalized spacial score (nSPS) is 28.0. The summed E-state index contributed by atoms with van der Waals surface area (Å²) in [4.78, 5) is 1.86. The average molecular weight is 164 g/mol. The van der Waals surface area contributed by atoms with Crippen molar-refractivity contribution in [2.75, 3.05) is 19.0 Å². The van der Waals surface area contributed by atoms with E-state index < -0.39 is 10.7 Å². The van der Waals surface area contributed by atoms with Crippen LogP contribution in [0.25, 0.3) is 0 Å². The van der Waals surface area contributed by atoms with Gasteiger partial charge in [0.25, 0.3) is 0 Å². The molecule has 1 heterocycles. The maximum atomic E-state index is 10.2. The van der Waals surface area contributed by atoms with Crippen LogP contribution in [-0.4, -0.2) is 38.3 Å². The van der Waals surface area contributed by atoms with Crippen molar-refractivity contribution >= 4 is 10.7 Å². The van der Waals surface area contributed by atoms with E-state index in [0.717, 1.165) is 19.5 Å². The summed E-state index contributed by atoms with van der Waals surface area (Å²) in [7, 11) is -2.26. The van der Waals surface area contributed by atoms with Crippen LogP contribution in [-0.2, 0) is 10.7 Å². The summed E-state index contributed by atoms with van der Waals surface area (Å²) in [5, 5.41) is 0. The molecule has 0 bridgehead atoms. The molecule has 0 aromatic heterocycles. The standard InChI is InChI=1S/C5H12N2O2S/c6-5-1-2-7(3-5)4-10(8)9/h5,10H,1-4,6H2. The fourth-order valence-corrected chi connectivity index (χ4v) is 1.74. The van der Waals surface area contributed by atoms with Crippen molar-refractivity contribution < 1.29 is 8.42 Å². The quantitative estimate of drug-likeness (QED) is 0.492. The summed E-state index contributed by atoms with van der Waals surface area (Å²) >= 11 is 0. The van der Waals surface area contributed by atoms with E-state index in [1.54, 1.807) is 0 Å². The van der Waals surface area contributed by atoms with Gasteiger partial charge in [0.2, 0.25) is 0 Å². The number of hydrogen-bond donors (Lipinski definition) is 2. The predicted octanol–water partition coefficient (Wildman–Crippen LogP) is -1.41. The first-order valence-electron chi connectivity index (χ1n) is 3.28. The molecule has 0 radical (unpaired) electrons. The third-order valence-electron chi connectivity index (χ3n) is 1.62. The minimum absolute atomic E-state index is 0.170. The maximum absolute atomic E-state index is 10.2. The zero-order chi connectivity index (χ0) is 7.56. The van der Waals surface area contributed by atoms with Gasteiger partial charge in [-0.25, -0.2) is 8.42 Å². The topological polar surface area (TPSA) is 63.4 Å². The lowest BCUT2D eigenvalue weighted by Crippen LogP contribution is -2.27. The SMILES string of the molecule is NC1CCN(C[SH](=O)=O)C1. The molecule has 2 N–H and O–H groups in total. The summed E-state index contributed by atoms with van der Waals surface area (Å²) < 4.78 is 20.4. The molecule has 60 valence electrons. The van der Waals surface area contributed by atoms with Crippen molar-refractivity contribution in [3.63, 3.8) is 0 Å². The molecule has 1 rings (SSSR count). The lowest BCUT2D eigenvalue weighted by atomic mass is 10.3. The summed E-state index contributed by atoms with van der Waals surface area (Å²) in [5.41, 5.74) is 5.56. The highest BCUT2D eigenvalue weighted by Gasteiger charge is 2.18. The van der Waals surface area contributed by atoms with Gasteiger partial charge in [-0.1, -0.05) is 0 Å². The number of rotatable bonds is 2. The van der Waals surface area contributed by atoms with Crippen LogP contribution in [0.15, 0.2) is 0 Å². The van der Waals surface area contributed by atoms with Crippen LogP contribution in [0.4, 0.5) is 0 Å². The van der Waals surface area contributed by atoms with Crippen molar-refractivity contribution in [3.8, 4) is 0 Å². The molecule has 10 heavy (non-hydrogen) atoms. The smallest absolute Gasteiger partial charge is 0.153 e. The number of likely N-dealkylation sites (tertiary alicyclic amines) is 1. The molecule has 0 aromatic carbocycles. The van der Waals surface area contributed by atoms with Crippen molar-refractivity contribution in [1.82, 2.24) is 4.90 Å². The van der Waals surface area contributed by atoms with Crippen molar-refractivity contribution in [1.29, 1.82) is 0 Å². The van der Waals surface area contributed by atoms with Crippen LogP contribution in [0.3, 0.4) is 0 Å². The fourth-order valence-electron chi connectivity index (χ4n) is 1.15. The van der Waals surface area contributed by atoms with Crippen LogP contribution in [0.5, 0.6) is 0 Å². The molecular weight excluding hydrogens is 152 g/mol. The van der Waals surface area contributed by atoms with E-state index in [1.807, 2.05) is 4.90 Å². The Labute approximate surface area is 62.0 Å². The van der Waals surface area contributed by atoms with Crippen molar-refractivity contribution in [3.05, 3.63) is 0 Å². The van der Waals surface area contributed by atoms with Crippen molar-refractivity contribution in [2.24, 2.45) is 5.73 Å². The lowest BCUT2D eigenvalue weighted by molar-refractivity contribution is 0.386. The Morgan fingerprint density at radius 1 is 1.60 bits per heavy atom. The minimum atomic E-state index is -2.26. The zero-order valence-corrected chi connectivity index (χ0v) is 6.59. The van der Waals surface area contributed by atoms with Crippen LogP contribution in [0.1, 0.15) is 6.42 Å². The Kier molecular flexibility index (Phi) is 2.64. The van der Waals surface area contributed by atoms with E-state index in [0.29, 0.717) is 0 Å². The molecule has 0 amide bonds. The number of thiol groups is 1. The first kappa shape index (κ1) is 7.97. The molecule has 4 nitrogen and oxygen atoms in total. The van der Waals surface area contributed by atoms with Gasteiger partial charge in [0.15, 0.2) is 10.7 Å². The number of nitrogens with two attached hydrogens (primary N) is 1. The van der Waals surface area contributed by atoms with Gasteiger partial charge in [-0.3, -0.25) is 4.90 Å². The van der Waals surface area contributed by atoms with Gasteiger partial charge < -0.3 is 5.73 Å². The van der Waals surface area contributed by atoms with Crippen LogP contribution >= 0.6 is 0 Å². The Balaban J connectivity index is 2.31. The maximum Gasteiger partial charge on any atom is 0.153 e. The van der Waals surface area contributed by atoms with E-state index in [-0.39, 0.29) is 11.9 Å². The predicted molar refractivity (Wildman–Crippen MR) is 39.3 cm³/mol. The Morgan fingerprint density at radius 3 is 2.70 bits per heavy atom. The third kappa shape index (κ3) is 2.24. The third-order valence-corrected chi connectivity index (χ3v) is 2.26. The first-order valence-corrected chi connectivity index (χ1v) is 4.64. The number of hydrogen-bond acceptors (Lipinski definition) is 4. The van der Waals surface area contributed by atoms with E-state index in [4.69, 9.17) is 5.73 Å². The molecular formula is C5H12N2O2S. The van der Waals surface area contributed by atoms with E-state index in [2.05, 4.69) is 0 Å². The van der Waals surface area contributed by atoms with Gasteiger partial charge in [-0.15, -0.1) is 0 Å². The highest BCUT2D eigenvalue weighted by molar-refractivity contribution is 7.72. The molecule has 1 saturated heterocycles. The number of nitrogens with zero attached hydrogens (tertiary/aromatic N) is 1. The molecule has 0 aromatic rings. The summed E-state index contributed by atoms with van der Waals surface area (Å²) in [5.74, 6) is 0.170. The Hall–Kier alpha value is -0.130. The van der Waals surface area contributed by atoms with Crippen LogP contribution in [0.2, 0.25) is 0 Å². The molecule has 0 saturated carbocycles. The molecule has 1 aliphatic rings. The second-order valence-electron chi connectivity index (χ2n) is 2.60. The highest BCUT2D eigenvalue weighted by Crippen LogP contribution is 2.05. The molecule has 0 spiro atoms. The molecule has 1 atom stereocenters. The second-order valence-corrected chi connectivity index (χ2v) is 3.55. The van der Waals surface area contributed by atoms with Gasteiger partial charge in [0.1, 0.15) is 0 Å². The molecule has 1 aliphatic heterocycles. The lowest BCUT2D eigenvalue weighted by Gasteiger charge is -2.08. The molecule has 1 fully saturated rings. The molecule has 1 unspecified atom stereocenters. The summed E-state index contributed by atoms with van der Waals surface area (Å²) in [6.45, 7) is 1.55. The Morgan fingerprint density at radius 2 is 2.30 bits per heavy atom. The fraction of sp³-hybridized carbons (Fsp3) is 1.00. The average Bonchev–Trinajstić information content (AvgIpc) is 2.13. The van der Waals surface area contributed by atoms with Crippen molar-refractivity contribution in [2.45, 2.75) is 12.5 Å². The monoisotopic (exact) mass is 164 g/mol. The minimum Gasteiger partial charge on any atom is -0.326 e. The van der Waals surface area contributed by atoms with Crippen LogP contribution in [0, 0.1) is 0 Å². The highest BCUT2D eigenvalue weighted by atomic mass is 32.2. The molecule has 0 aliphatic carbocycles. The zero-order valence-electron chi connectivity index (χ0n) is 5.69. The second kappa shape index (κ2) is 3.32. The van der Waals surface area contributed by atoms with Gasteiger partial charge in [0.05, 0.1) is 5.88 Å². The Bertz CT molecular complexity index is 172. The summed E-state index contributed by atoms with van der Waals surface area (Å²) in [6, 6.07) is 0.176. The largest absolute Gasteiger partial charge is 0.326 e. The van der Waals surface area contributed by atoms with Gasteiger partial charge in [0, 0.05) is 19.1 Å². The van der Waals surface area contributed by atoms with Gasteiger partial charge in [-0.05, 0) is 6.42 Å². The van der Waals surface area contributed by atoms with Gasteiger partial charge in [-0.2, -0.15) is 0 Å². The summed E-state index contributed by atoms with van der Waals surface area (Å²) in [6.07, 6.45) is 0.920. The molecule has 5 heteroatoms. The van der Waals surface area contributed by atoms with E-state index in [1.165, 1.54) is 0 Å².